The Morgan fingerprint density at radius 1 is 1.00 bits per heavy atom. The molecule has 0 spiro atoms. The largest absolute Gasteiger partial charge is 0.478 e. The number of aliphatic imine (C=N–C) groups is 1. The Bertz CT molecular complexity index is 1520. The average Bonchev–Trinajstić information content (AvgIpc) is 3.47. The summed E-state index contributed by atoms with van der Waals surface area (Å²) < 4.78 is 0. The van der Waals surface area contributed by atoms with E-state index in [1.807, 2.05) is 6.08 Å². The number of hydrogen-bond donors (Lipinski definition) is 2. The Kier molecular flexibility index (Phi) is 7.77. The fraction of sp³-hybridized carbons (Fsp3) is 0.321. The lowest BCUT2D eigenvalue weighted by Crippen LogP contribution is -2.25. The van der Waals surface area contributed by atoms with E-state index in [9.17, 15) is 30.1 Å². The predicted molar refractivity (Wildman–Crippen MR) is 150 cm³/mol. The van der Waals surface area contributed by atoms with Crippen LogP contribution in [0.5, 0.6) is 0 Å². The molecule has 2 aromatic heterocycles. The Balaban J connectivity index is 1.47. The average molecular weight is 558 g/mol. The number of hydrogen-bond acceptors (Lipinski definition) is 10. The van der Waals surface area contributed by atoms with Crippen LogP contribution in [0.3, 0.4) is 0 Å². The molecule has 2 N–H and O–H groups in total. The molecule has 1 atom stereocenters. The van der Waals surface area contributed by atoms with Gasteiger partial charge in [-0.1, -0.05) is 19.3 Å². The number of anilines is 1. The smallest absolute Gasteiger partial charge is 0.339 e. The number of nitro benzene ring substituents is 1. The summed E-state index contributed by atoms with van der Waals surface area (Å²) in [5, 5.41) is 35.7. The van der Waals surface area contributed by atoms with Crippen LogP contribution in [0.25, 0.3) is 11.3 Å². The first-order valence-corrected chi connectivity index (χ1v) is 13.3. The third kappa shape index (κ3) is 5.78. The first kappa shape index (κ1) is 27.5. The van der Waals surface area contributed by atoms with E-state index in [0.717, 1.165) is 32.1 Å². The minimum atomic E-state index is -1.15. The molecule has 41 heavy (non-hydrogen) atoms. The van der Waals surface area contributed by atoms with Gasteiger partial charge in [0, 0.05) is 42.4 Å². The number of carbonyl (C=O) groups is 1. The second kappa shape index (κ2) is 11.6. The fourth-order valence-electron chi connectivity index (χ4n) is 5.35. The van der Waals surface area contributed by atoms with Crippen molar-refractivity contribution in [2.75, 3.05) is 11.9 Å². The van der Waals surface area contributed by atoms with Crippen LogP contribution in [0.4, 0.5) is 17.3 Å². The van der Waals surface area contributed by atoms with E-state index in [0.29, 0.717) is 29.9 Å². The maximum Gasteiger partial charge on any atom is 0.339 e. The van der Waals surface area contributed by atoms with E-state index in [1.165, 1.54) is 36.5 Å². The van der Waals surface area contributed by atoms with Crippen LogP contribution in [0, 0.1) is 20.2 Å². The van der Waals surface area contributed by atoms with Crippen LogP contribution in [-0.2, 0) is 5.54 Å². The van der Waals surface area contributed by atoms with Crippen molar-refractivity contribution in [1.29, 1.82) is 0 Å². The molecule has 2 aliphatic rings. The van der Waals surface area contributed by atoms with Crippen LogP contribution >= 0.6 is 0 Å². The number of aromatic carboxylic acids is 1. The van der Waals surface area contributed by atoms with Gasteiger partial charge in [-0.3, -0.25) is 30.2 Å². The molecule has 5 rings (SSSR count). The molecule has 1 unspecified atom stereocenters. The number of allylic oxidation sites excluding steroid dienone is 1. The molecule has 13 heteroatoms. The molecule has 0 amide bonds. The SMILES string of the molecule is O=C(O)c1c(-c2ccc([N+](=O)[O-])cc2)nc(NCCC2(c3ccc([N+](=O)[O-])cn3)C=CC=N2)nc1C1CCCCC1. The molecule has 3 aromatic rings. The van der Waals surface area contributed by atoms with E-state index >= 15 is 0 Å². The molecule has 3 heterocycles. The summed E-state index contributed by atoms with van der Waals surface area (Å²) in [5.74, 6) is -0.964. The monoisotopic (exact) mass is 557 g/mol. The summed E-state index contributed by atoms with van der Waals surface area (Å²) in [7, 11) is 0. The number of carboxylic acids is 1. The normalized spacial score (nSPS) is 18.3. The lowest BCUT2D eigenvalue weighted by atomic mass is 9.84. The molecular weight excluding hydrogens is 530 g/mol. The molecule has 0 bridgehead atoms. The highest BCUT2D eigenvalue weighted by Crippen LogP contribution is 2.38. The molecule has 1 aliphatic carbocycles. The maximum atomic E-state index is 12.5. The predicted octanol–water partition coefficient (Wildman–Crippen LogP) is 5.44. The van der Waals surface area contributed by atoms with Crippen molar-refractivity contribution in [1.82, 2.24) is 15.0 Å². The van der Waals surface area contributed by atoms with Crippen LogP contribution in [0.2, 0.25) is 0 Å². The Morgan fingerprint density at radius 2 is 1.71 bits per heavy atom. The number of nitrogens with zero attached hydrogens (tertiary/aromatic N) is 6. The summed E-state index contributed by atoms with van der Waals surface area (Å²) in [4.78, 5) is 51.8. The second-order valence-electron chi connectivity index (χ2n) is 10.00. The van der Waals surface area contributed by atoms with E-state index < -0.39 is 21.4 Å². The zero-order valence-corrected chi connectivity index (χ0v) is 22.0. The Morgan fingerprint density at radius 3 is 2.29 bits per heavy atom. The molecule has 1 fully saturated rings. The molecular formula is C28H27N7O6. The van der Waals surface area contributed by atoms with Gasteiger partial charge in [-0.05, 0) is 49.6 Å². The summed E-state index contributed by atoms with van der Waals surface area (Å²) in [6, 6.07) is 8.60. The number of pyridine rings is 1. The van der Waals surface area contributed by atoms with Crippen LogP contribution < -0.4 is 5.32 Å². The van der Waals surface area contributed by atoms with Crippen molar-refractivity contribution in [2.24, 2.45) is 4.99 Å². The van der Waals surface area contributed by atoms with Gasteiger partial charge in [0.15, 0.2) is 0 Å². The van der Waals surface area contributed by atoms with Gasteiger partial charge in [-0.2, -0.15) is 0 Å². The fourth-order valence-corrected chi connectivity index (χ4v) is 5.35. The first-order chi connectivity index (χ1) is 19.8. The minimum Gasteiger partial charge on any atom is -0.478 e. The van der Waals surface area contributed by atoms with E-state index in [-0.39, 0.29) is 34.5 Å². The van der Waals surface area contributed by atoms with E-state index in [4.69, 9.17) is 0 Å². The van der Waals surface area contributed by atoms with Crippen molar-refractivity contribution in [3.63, 3.8) is 0 Å². The summed E-state index contributed by atoms with van der Waals surface area (Å²) in [6.07, 6.45) is 11.6. The van der Waals surface area contributed by atoms with Crippen molar-refractivity contribution in [3.8, 4) is 11.3 Å². The lowest BCUT2D eigenvalue weighted by molar-refractivity contribution is -0.385. The Labute approximate surface area is 234 Å². The number of rotatable bonds is 10. The third-order valence-electron chi connectivity index (χ3n) is 7.45. The standard InChI is InChI=1S/C28H27N7O6/c36-26(37)23-24(18-5-2-1-3-6-18)32-27(33-25(23)19-7-9-20(10-8-19)34(38)39)29-16-14-28(13-4-15-31-28)22-12-11-21(17-30-22)35(40)41/h4,7-13,15,17-18H,1-3,5-6,14,16H2,(H,36,37)(H,29,32,33). The molecule has 0 saturated heterocycles. The molecule has 1 saturated carbocycles. The third-order valence-corrected chi connectivity index (χ3v) is 7.45. The molecule has 0 radical (unpaired) electrons. The van der Waals surface area contributed by atoms with Gasteiger partial charge in [-0.15, -0.1) is 0 Å². The first-order valence-electron chi connectivity index (χ1n) is 13.3. The maximum absolute atomic E-state index is 12.5. The number of carboxylic acid groups (broad SMARTS) is 1. The van der Waals surface area contributed by atoms with Gasteiger partial charge >= 0.3 is 5.97 Å². The number of non-ortho nitro benzene ring substituents is 1. The van der Waals surface area contributed by atoms with E-state index in [2.05, 4.69) is 25.3 Å². The number of nitro groups is 2. The van der Waals surface area contributed by atoms with E-state index in [1.54, 1.807) is 18.4 Å². The zero-order chi connectivity index (χ0) is 29.0. The number of benzene rings is 1. The summed E-state index contributed by atoms with van der Waals surface area (Å²) >= 11 is 0. The van der Waals surface area contributed by atoms with Crippen molar-refractivity contribution >= 4 is 29.5 Å². The molecule has 1 aliphatic heterocycles. The van der Waals surface area contributed by atoms with Gasteiger partial charge < -0.3 is 10.4 Å². The Hall–Kier alpha value is -5.07. The lowest BCUT2D eigenvalue weighted by Gasteiger charge is -2.25. The van der Waals surface area contributed by atoms with Crippen molar-refractivity contribution in [2.45, 2.75) is 50.0 Å². The van der Waals surface area contributed by atoms with Gasteiger partial charge in [0.25, 0.3) is 11.4 Å². The van der Waals surface area contributed by atoms with Crippen LogP contribution in [-0.4, -0.2) is 48.6 Å². The highest BCUT2D eigenvalue weighted by atomic mass is 16.6. The molecule has 210 valence electrons. The zero-order valence-electron chi connectivity index (χ0n) is 22.0. The van der Waals surface area contributed by atoms with Crippen LogP contribution in [0.1, 0.15) is 66.2 Å². The summed E-state index contributed by atoms with van der Waals surface area (Å²) in [6.45, 7) is 0.330. The van der Waals surface area contributed by atoms with Gasteiger partial charge in [0.05, 0.1) is 26.9 Å². The van der Waals surface area contributed by atoms with Gasteiger partial charge in [0.1, 0.15) is 17.3 Å². The second-order valence-corrected chi connectivity index (χ2v) is 10.00. The highest BCUT2D eigenvalue weighted by Gasteiger charge is 2.33. The molecule has 13 nitrogen and oxygen atoms in total. The van der Waals surface area contributed by atoms with Crippen molar-refractivity contribution < 1.29 is 19.7 Å². The highest BCUT2D eigenvalue weighted by molar-refractivity contribution is 5.96. The number of aromatic nitrogens is 3. The molecule has 1 aromatic carbocycles. The van der Waals surface area contributed by atoms with Gasteiger partial charge in [0.2, 0.25) is 5.95 Å². The van der Waals surface area contributed by atoms with Crippen molar-refractivity contribution in [3.05, 3.63) is 91.9 Å². The van der Waals surface area contributed by atoms with Gasteiger partial charge in [-0.25, -0.2) is 14.8 Å². The topological polar surface area (TPSA) is 187 Å². The quantitative estimate of drug-likeness (QED) is 0.240. The minimum absolute atomic E-state index is 0.00572. The summed E-state index contributed by atoms with van der Waals surface area (Å²) in [5.41, 5.74) is 0.568. The number of nitrogens with one attached hydrogen (secondary N) is 1. The van der Waals surface area contributed by atoms with Crippen LogP contribution in [0.15, 0.2) is 59.7 Å².